The Balaban J connectivity index is 3.00. The molecule has 0 atom stereocenters. The number of nitrogens with two attached hydrogens (primary N) is 1. The van der Waals surface area contributed by atoms with Gasteiger partial charge < -0.3 is 0 Å². The summed E-state index contributed by atoms with van der Waals surface area (Å²) in [5.41, 5.74) is 1.12. The molecule has 1 aromatic carbocycles. The maximum Gasteiger partial charge on any atom is 0.277 e. The summed E-state index contributed by atoms with van der Waals surface area (Å²) in [6.45, 7) is 2.09. The highest BCUT2D eigenvalue weighted by Crippen LogP contribution is 2.11. The predicted molar refractivity (Wildman–Crippen MR) is 60.3 cm³/mol. The second kappa shape index (κ2) is 5.07. The Bertz CT molecular complexity index is 505. The Morgan fingerprint density at radius 1 is 1.44 bits per heavy atom. The van der Waals surface area contributed by atoms with Crippen molar-refractivity contribution in [3.63, 3.8) is 0 Å². The van der Waals surface area contributed by atoms with E-state index in [0.29, 0.717) is 11.1 Å². The molecule has 1 aromatic rings. The maximum atomic E-state index is 11.2. The Morgan fingerprint density at radius 3 is 2.56 bits per heavy atom. The van der Waals surface area contributed by atoms with Crippen LogP contribution in [0.3, 0.4) is 0 Å². The van der Waals surface area contributed by atoms with Crippen LogP contribution in [0.2, 0.25) is 0 Å². The monoisotopic (exact) mass is 239 g/mol. The van der Waals surface area contributed by atoms with Gasteiger partial charge in [0.2, 0.25) is 0 Å². The summed E-state index contributed by atoms with van der Waals surface area (Å²) < 4.78 is 23.5. The zero-order valence-electron chi connectivity index (χ0n) is 8.92. The van der Waals surface area contributed by atoms with Crippen LogP contribution in [0.4, 0.5) is 0 Å². The van der Waals surface area contributed by atoms with Crippen molar-refractivity contribution in [1.82, 2.24) is 4.31 Å². The van der Waals surface area contributed by atoms with Gasteiger partial charge in [0.05, 0.1) is 11.6 Å². The van der Waals surface area contributed by atoms with E-state index in [4.69, 9.17) is 10.4 Å². The van der Waals surface area contributed by atoms with Crippen molar-refractivity contribution in [2.24, 2.45) is 5.14 Å². The van der Waals surface area contributed by atoms with Gasteiger partial charge in [0.1, 0.15) is 0 Å². The molecule has 0 fully saturated rings. The summed E-state index contributed by atoms with van der Waals surface area (Å²) >= 11 is 0. The first-order valence-electron chi connectivity index (χ1n) is 4.75. The lowest BCUT2D eigenvalue weighted by atomic mass is 10.1. The molecule has 86 valence electrons. The van der Waals surface area contributed by atoms with Crippen LogP contribution in [0.15, 0.2) is 24.3 Å². The Morgan fingerprint density at radius 2 is 2.06 bits per heavy atom. The Hall–Kier alpha value is -1.42. The molecule has 6 heteroatoms. The molecular formula is C10H13N3O2S. The van der Waals surface area contributed by atoms with Gasteiger partial charge >= 0.3 is 0 Å². The zero-order valence-corrected chi connectivity index (χ0v) is 9.74. The van der Waals surface area contributed by atoms with Gasteiger partial charge in [0.25, 0.3) is 10.2 Å². The van der Waals surface area contributed by atoms with E-state index in [1.165, 1.54) is 0 Å². The van der Waals surface area contributed by atoms with Gasteiger partial charge in [-0.25, -0.2) is 5.14 Å². The number of rotatable bonds is 4. The molecule has 0 heterocycles. The highest BCUT2D eigenvalue weighted by molar-refractivity contribution is 7.86. The van der Waals surface area contributed by atoms with Gasteiger partial charge in [0.15, 0.2) is 0 Å². The van der Waals surface area contributed by atoms with Crippen LogP contribution in [0, 0.1) is 11.3 Å². The van der Waals surface area contributed by atoms with E-state index >= 15 is 0 Å². The smallest absolute Gasteiger partial charge is 0.216 e. The van der Waals surface area contributed by atoms with Gasteiger partial charge in [-0.15, -0.1) is 0 Å². The summed E-state index contributed by atoms with van der Waals surface area (Å²) in [5.74, 6) is 0. The fourth-order valence-corrected chi connectivity index (χ4v) is 2.02. The van der Waals surface area contributed by atoms with E-state index in [2.05, 4.69) is 0 Å². The van der Waals surface area contributed by atoms with E-state index in [-0.39, 0.29) is 13.1 Å². The van der Waals surface area contributed by atoms with Crippen LogP contribution < -0.4 is 5.14 Å². The zero-order chi connectivity index (χ0) is 12.2. The molecule has 0 aliphatic carbocycles. The van der Waals surface area contributed by atoms with Gasteiger partial charge in [-0.1, -0.05) is 25.1 Å². The van der Waals surface area contributed by atoms with Crippen molar-refractivity contribution in [3.05, 3.63) is 35.4 Å². The Kier molecular flexibility index (Phi) is 4.01. The first-order chi connectivity index (χ1) is 7.49. The number of hydrogen-bond acceptors (Lipinski definition) is 3. The minimum atomic E-state index is -3.71. The molecule has 0 saturated carbocycles. The van der Waals surface area contributed by atoms with E-state index in [9.17, 15) is 8.42 Å². The summed E-state index contributed by atoms with van der Waals surface area (Å²) in [5, 5.41) is 13.9. The van der Waals surface area contributed by atoms with Crippen LogP contribution >= 0.6 is 0 Å². The lowest BCUT2D eigenvalue weighted by molar-refractivity contribution is 0.424. The summed E-state index contributed by atoms with van der Waals surface area (Å²) in [4.78, 5) is 0. The number of benzene rings is 1. The van der Waals surface area contributed by atoms with Crippen LogP contribution in [-0.2, 0) is 16.8 Å². The fourth-order valence-electron chi connectivity index (χ4n) is 1.34. The lowest BCUT2D eigenvalue weighted by Gasteiger charge is -2.17. The highest BCUT2D eigenvalue weighted by atomic mass is 32.2. The largest absolute Gasteiger partial charge is 0.277 e. The second-order valence-electron chi connectivity index (χ2n) is 3.24. The Labute approximate surface area is 95.3 Å². The van der Waals surface area contributed by atoms with Crippen LogP contribution in [0.5, 0.6) is 0 Å². The van der Waals surface area contributed by atoms with Gasteiger partial charge in [0, 0.05) is 13.1 Å². The van der Waals surface area contributed by atoms with Crippen molar-refractivity contribution in [2.75, 3.05) is 6.54 Å². The minimum absolute atomic E-state index is 0.124. The molecule has 0 radical (unpaired) electrons. The van der Waals surface area contributed by atoms with Gasteiger partial charge in [-0.3, -0.25) is 0 Å². The number of nitriles is 1. The van der Waals surface area contributed by atoms with E-state index < -0.39 is 10.2 Å². The average molecular weight is 239 g/mol. The first-order valence-corrected chi connectivity index (χ1v) is 6.25. The molecule has 0 unspecified atom stereocenters. The van der Waals surface area contributed by atoms with Crippen molar-refractivity contribution in [2.45, 2.75) is 13.5 Å². The third kappa shape index (κ3) is 3.03. The topological polar surface area (TPSA) is 87.2 Å². The maximum absolute atomic E-state index is 11.2. The summed E-state index contributed by atoms with van der Waals surface area (Å²) in [6.07, 6.45) is 0. The standard InChI is InChI=1S/C10H13N3O2S/c1-2-13(16(12,14)15)8-10-6-4-3-5-9(10)7-11/h3-6H,2,8H2,1H3,(H2,12,14,15). The summed E-state index contributed by atoms with van der Waals surface area (Å²) in [7, 11) is -3.71. The molecule has 0 bridgehead atoms. The quantitative estimate of drug-likeness (QED) is 0.833. The van der Waals surface area contributed by atoms with Crippen LogP contribution in [0.25, 0.3) is 0 Å². The van der Waals surface area contributed by atoms with Crippen molar-refractivity contribution in [3.8, 4) is 6.07 Å². The normalized spacial score (nSPS) is 11.4. The highest BCUT2D eigenvalue weighted by Gasteiger charge is 2.16. The second-order valence-corrected chi connectivity index (χ2v) is 4.79. The van der Waals surface area contributed by atoms with E-state index in [1.54, 1.807) is 31.2 Å². The number of hydrogen-bond donors (Lipinski definition) is 1. The minimum Gasteiger partial charge on any atom is -0.216 e. The molecular weight excluding hydrogens is 226 g/mol. The molecule has 0 aliphatic heterocycles. The SMILES string of the molecule is CCN(Cc1ccccc1C#N)S(N)(=O)=O. The summed E-state index contributed by atoms with van der Waals surface area (Å²) in [6, 6.07) is 8.86. The fraction of sp³-hybridized carbons (Fsp3) is 0.300. The third-order valence-corrected chi connectivity index (χ3v) is 3.30. The van der Waals surface area contributed by atoms with Gasteiger partial charge in [-0.05, 0) is 11.6 Å². The van der Waals surface area contributed by atoms with Crippen molar-refractivity contribution in [1.29, 1.82) is 5.26 Å². The molecule has 0 saturated heterocycles. The molecule has 5 nitrogen and oxygen atoms in total. The van der Waals surface area contributed by atoms with E-state index in [1.807, 2.05) is 6.07 Å². The molecule has 2 N–H and O–H groups in total. The molecule has 16 heavy (non-hydrogen) atoms. The molecule has 0 spiro atoms. The van der Waals surface area contributed by atoms with Crippen molar-refractivity contribution < 1.29 is 8.42 Å². The molecule has 0 aliphatic rings. The van der Waals surface area contributed by atoms with Gasteiger partial charge in [-0.2, -0.15) is 18.0 Å². The molecule has 0 aromatic heterocycles. The first kappa shape index (κ1) is 12.6. The van der Waals surface area contributed by atoms with E-state index in [0.717, 1.165) is 4.31 Å². The van der Waals surface area contributed by atoms with Crippen LogP contribution in [0.1, 0.15) is 18.1 Å². The van der Waals surface area contributed by atoms with Crippen LogP contribution in [-0.4, -0.2) is 19.3 Å². The predicted octanol–water partition coefficient (Wildman–Crippen LogP) is 0.584. The average Bonchev–Trinajstić information content (AvgIpc) is 2.24. The van der Waals surface area contributed by atoms with Crippen molar-refractivity contribution >= 4 is 10.2 Å². The molecule has 0 amide bonds. The number of nitrogens with zero attached hydrogens (tertiary/aromatic N) is 2. The lowest BCUT2D eigenvalue weighted by Crippen LogP contribution is -2.36. The third-order valence-electron chi connectivity index (χ3n) is 2.20. The molecule has 1 rings (SSSR count).